The largest absolute Gasteiger partial charge is 0.338 e. The Kier molecular flexibility index (Phi) is 5.12. The van der Waals surface area contributed by atoms with E-state index in [9.17, 15) is 9.18 Å². The molecule has 1 aliphatic carbocycles. The van der Waals surface area contributed by atoms with E-state index in [4.69, 9.17) is 17.3 Å². The Balaban J connectivity index is 0.00000161. The lowest BCUT2D eigenvalue weighted by molar-refractivity contribution is 0.0783. The molecule has 116 valence electrons. The number of likely N-dealkylation sites (tertiary alicyclic amines) is 1. The number of carbonyl (C=O) groups excluding carboxylic acids is 1. The van der Waals surface area contributed by atoms with Crippen LogP contribution < -0.4 is 5.73 Å². The van der Waals surface area contributed by atoms with Crippen LogP contribution in [0.15, 0.2) is 18.2 Å². The van der Waals surface area contributed by atoms with Gasteiger partial charge in [0.1, 0.15) is 5.82 Å². The smallest absolute Gasteiger partial charge is 0.255 e. The normalized spacial score (nSPS) is 28.0. The van der Waals surface area contributed by atoms with Gasteiger partial charge < -0.3 is 10.6 Å². The van der Waals surface area contributed by atoms with E-state index in [1.165, 1.54) is 18.2 Å². The molecule has 1 saturated carbocycles. The lowest BCUT2D eigenvalue weighted by Gasteiger charge is -2.29. The summed E-state index contributed by atoms with van der Waals surface area (Å²) in [5, 5.41) is 0.175. The molecule has 1 amide bonds. The van der Waals surface area contributed by atoms with Crippen molar-refractivity contribution in [1.29, 1.82) is 0 Å². The zero-order valence-electron chi connectivity index (χ0n) is 11.6. The van der Waals surface area contributed by atoms with Crippen molar-refractivity contribution in [3.8, 4) is 0 Å². The van der Waals surface area contributed by atoms with Gasteiger partial charge in [0.2, 0.25) is 0 Å². The summed E-state index contributed by atoms with van der Waals surface area (Å²) in [7, 11) is 0. The van der Waals surface area contributed by atoms with Gasteiger partial charge in [0.25, 0.3) is 5.91 Å². The first-order chi connectivity index (χ1) is 9.56. The Bertz CT molecular complexity index is 540. The van der Waals surface area contributed by atoms with E-state index in [1.54, 1.807) is 0 Å². The van der Waals surface area contributed by atoms with Gasteiger partial charge in [0, 0.05) is 19.1 Å². The predicted octanol–water partition coefficient (Wildman–Crippen LogP) is 3.10. The van der Waals surface area contributed by atoms with Crippen molar-refractivity contribution in [2.45, 2.75) is 25.3 Å². The molecule has 1 saturated heterocycles. The van der Waals surface area contributed by atoms with E-state index < -0.39 is 5.82 Å². The highest BCUT2D eigenvalue weighted by Crippen LogP contribution is 2.36. The fourth-order valence-corrected chi connectivity index (χ4v) is 3.76. The average molecular weight is 333 g/mol. The summed E-state index contributed by atoms with van der Waals surface area (Å²) < 4.78 is 13.1. The molecule has 1 aromatic carbocycles. The van der Waals surface area contributed by atoms with Crippen molar-refractivity contribution >= 4 is 29.9 Å². The predicted molar refractivity (Wildman–Crippen MR) is 83.4 cm³/mol. The molecule has 21 heavy (non-hydrogen) atoms. The van der Waals surface area contributed by atoms with Gasteiger partial charge in [-0.1, -0.05) is 18.0 Å². The first kappa shape index (κ1) is 16.5. The van der Waals surface area contributed by atoms with Crippen molar-refractivity contribution in [3.05, 3.63) is 34.6 Å². The minimum atomic E-state index is -0.427. The van der Waals surface area contributed by atoms with Gasteiger partial charge in [-0.15, -0.1) is 12.4 Å². The summed E-state index contributed by atoms with van der Waals surface area (Å²) in [6, 6.07) is 4.11. The molecule has 1 aliphatic heterocycles. The molecule has 0 aromatic heterocycles. The standard InChI is InChI=1S/C15H18ClFN2O.ClH/c16-13-6-10(17)4-5-11(13)15(20)19-7-9-2-1-3-14(18)12(9)8-19;/h4-6,9,12,14H,1-3,7-8,18H2;1H. The Morgan fingerprint density at radius 1 is 1.33 bits per heavy atom. The number of halogens is 3. The zero-order chi connectivity index (χ0) is 14.3. The van der Waals surface area contributed by atoms with Gasteiger partial charge in [0.15, 0.2) is 0 Å². The lowest BCUT2D eigenvalue weighted by atomic mass is 9.78. The number of carbonyl (C=O) groups is 1. The van der Waals surface area contributed by atoms with Gasteiger partial charge in [-0.25, -0.2) is 4.39 Å². The molecular weight excluding hydrogens is 314 g/mol. The third kappa shape index (κ3) is 3.17. The minimum absolute atomic E-state index is 0. The molecule has 3 unspecified atom stereocenters. The second-order valence-corrected chi connectivity index (χ2v) is 6.26. The quantitative estimate of drug-likeness (QED) is 0.858. The van der Waals surface area contributed by atoms with Crippen LogP contribution >= 0.6 is 24.0 Å². The van der Waals surface area contributed by atoms with E-state index in [1.807, 2.05) is 4.90 Å². The first-order valence-electron chi connectivity index (χ1n) is 7.06. The van der Waals surface area contributed by atoms with Crippen LogP contribution in [0, 0.1) is 17.7 Å². The maximum absolute atomic E-state index is 13.1. The molecule has 0 spiro atoms. The SMILES string of the molecule is Cl.NC1CCCC2CN(C(=O)c3ccc(F)cc3Cl)CC12. The Morgan fingerprint density at radius 2 is 2.10 bits per heavy atom. The fraction of sp³-hybridized carbons (Fsp3) is 0.533. The second kappa shape index (κ2) is 6.51. The summed E-state index contributed by atoms with van der Waals surface area (Å²) in [6.45, 7) is 1.43. The van der Waals surface area contributed by atoms with Gasteiger partial charge in [0.05, 0.1) is 10.6 Å². The number of nitrogens with two attached hydrogens (primary N) is 1. The van der Waals surface area contributed by atoms with Crippen molar-refractivity contribution in [2.24, 2.45) is 17.6 Å². The van der Waals surface area contributed by atoms with Crippen LogP contribution in [0.5, 0.6) is 0 Å². The maximum Gasteiger partial charge on any atom is 0.255 e. The number of amides is 1. The molecule has 0 bridgehead atoms. The van der Waals surface area contributed by atoms with E-state index >= 15 is 0 Å². The Labute approximate surface area is 135 Å². The molecule has 3 atom stereocenters. The molecule has 2 aliphatic rings. The van der Waals surface area contributed by atoms with Crippen LogP contribution in [0.1, 0.15) is 29.6 Å². The number of hydrogen-bond acceptors (Lipinski definition) is 2. The van der Waals surface area contributed by atoms with E-state index in [0.29, 0.717) is 23.9 Å². The summed E-state index contributed by atoms with van der Waals surface area (Å²) in [5.41, 5.74) is 6.53. The van der Waals surface area contributed by atoms with Crippen LogP contribution in [0.25, 0.3) is 0 Å². The second-order valence-electron chi connectivity index (χ2n) is 5.85. The molecule has 1 aromatic rings. The number of fused-ring (bicyclic) bond motifs is 1. The zero-order valence-corrected chi connectivity index (χ0v) is 13.2. The third-order valence-electron chi connectivity index (χ3n) is 4.60. The van der Waals surface area contributed by atoms with Crippen molar-refractivity contribution in [2.75, 3.05) is 13.1 Å². The van der Waals surface area contributed by atoms with E-state index in [2.05, 4.69) is 0 Å². The summed E-state index contributed by atoms with van der Waals surface area (Å²) in [5.74, 6) is 0.356. The molecule has 3 rings (SSSR count). The highest BCUT2D eigenvalue weighted by molar-refractivity contribution is 6.33. The summed E-state index contributed by atoms with van der Waals surface area (Å²) in [4.78, 5) is 14.3. The molecule has 2 N–H and O–H groups in total. The highest BCUT2D eigenvalue weighted by atomic mass is 35.5. The molecule has 0 radical (unpaired) electrons. The Hall–Kier alpha value is -0.840. The monoisotopic (exact) mass is 332 g/mol. The van der Waals surface area contributed by atoms with Crippen molar-refractivity contribution < 1.29 is 9.18 Å². The molecule has 1 heterocycles. The first-order valence-corrected chi connectivity index (χ1v) is 7.44. The summed E-state index contributed by atoms with van der Waals surface area (Å²) >= 11 is 5.97. The molecule has 6 heteroatoms. The number of benzene rings is 1. The van der Waals surface area contributed by atoms with E-state index in [-0.39, 0.29) is 29.4 Å². The van der Waals surface area contributed by atoms with Gasteiger partial charge in [-0.3, -0.25) is 4.79 Å². The van der Waals surface area contributed by atoms with Gasteiger partial charge >= 0.3 is 0 Å². The maximum atomic E-state index is 13.1. The van der Waals surface area contributed by atoms with Crippen molar-refractivity contribution in [3.63, 3.8) is 0 Å². The minimum Gasteiger partial charge on any atom is -0.338 e. The van der Waals surface area contributed by atoms with Crippen molar-refractivity contribution in [1.82, 2.24) is 4.90 Å². The average Bonchev–Trinajstić information content (AvgIpc) is 2.83. The van der Waals surface area contributed by atoms with Crippen LogP contribution in [-0.4, -0.2) is 29.9 Å². The lowest BCUT2D eigenvalue weighted by Crippen LogP contribution is -2.38. The Morgan fingerprint density at radius 3 is 2.76 bits per heavy atom. The topological polar surface area (TPSA) is 46.3 Å². The van der Waals surface area contributed by atoms with Crippen LogP contribution in [0.4, 0.5) is 4.39 Å². The molecule has 3 nitrogen and oxygen atoms in total. The summed E-state index contributed by atoms with van der Waals surface area (Å²) in [6.07, 6.45) is 3.32. The molecule has 2 fully saturated rings. The number of hydrogen-bond donors (Lipinski definition) is 1. The number of rotatable bonds is 1. The third-order valence-corrected chi connectivity index (χ3v) is 4.92. The fourth-order valence-electron chi connectivity index (χ4n) is 3.52. The van der Waals surface area contributed by atoms with Crippen LogP contribution in [-0.2, 0) is 0 Å². The van der Waals surface area contributed by atoms with Crippen LogP contribution in [0.3, 0.4) is 0 Å². The molecular formula is C15H19Cl2FN2O. The van der Waals surface area contributed by atoms with E-state index in [0.717, 1.165) is 25.8 Å². The highest BCUT2D eigenvalue weighted by Gasteiger charge is 2.40. The van der Waals surface area contributed by atoms with Crippen LogP contribution in [0.2, 0.25) is 5.02 Å². The van der Waals surface area contributed by atoms with Gasteiger partial charge in [-0.2, -0.15) is 0 Å². The number of nitrogens with zero attached hydrogens (tertiary/aromatic N) is 1. The van der Waals surface area contributed by atoms with Gasteiger partial charge in [-0.05, 0) is 42.9 Å².